The summed E-state index contributed by atoms with van der Waals surface area (Å²) in [5.74, 6) is 0. The van der Waals surface area contributed by atoms with E-state index in [1.165, 1.54) is 0 Å². The second kappa shape index (κ2) is 9.40. The molecule has 2 aromatic heterocycles. The van der Waals surface area contributed by atoms with Gasteiger partial charge in [-0.15, -0.1) is 0 Å². The van der Waals surface area contributed by atoms with Crippen molar-refractivity contribution in [1.82, 2.24) is 9.97 Å². The Bertz CT molecular complexity index is 1000. The van der Waals surface area contributed by atoms with Crippen molar-refractivity contribution in [3.05, 3.63) is 48.0 Å². The Morgan fingerprint density at radius 3 is 1.44 bits per heavy atom. The smallest absolute Gasteiger partial charge is 0.399 e. The Morgan fingerprint density at radius 1 is 0.735 bits per heavy atom. The molecule has 0 aliphatic carbocycles. The first-order valence-electron chi connectivity index (χ1n) is 11.4. The summed E-state index contributed by atoms with van der Waals surface area (Å²) in [5.41, 5.74) is 7.20. The maximum Gasteiger partial charge on any atom is 0.496 e. The molecular weight excluding hydrogens is 430 g/mol. The first-order chi connectivity index (χ1) is 15.7. The van der Waals surface area contributed by atoms with Gasteiger partial charge in [0.15, 0.2) is 0 Å². The Morgan fingerprint density at radius 2 is 1.15 bits per heavy atom. The van der Waals surface area contributed by atoms with Gasteiger partial charge in [-0.1, -0.05) is 12.1 Å². The Labute approximate surface area is 203 Å². The number of pyridine rings is 2. The van der Waals surface area contributed by atoms with Crippen molar-refractivity contribution < 1.29 is 18.6 Å². The topological polar surface area (TPSA) is 113 Å². The highest BCUT2D eigenvalue weighted by molar-refractivity contribution is 6.62. The van der Waals surface area contributed by atoms with Gasteiger partial charge in [-0.2, -0.15) is 5.26 Å². The Kier molecular flexibility index (Phi) is 7.28. The van der Waals surface area contributed by atoms with Crippen LogP contribution in [0.15, 0.2) is 36.7 Å². The maximum atomic E-state index is 8.68. The van der Waals surface area contributed by atoms with E-state index < -0.39 is 7.12 Å². The van der Waals surface area contributed by atoms with E-state index in [4.69, 9.17) is 29.6 Å². The van der Waals surface area contributed by atoms with E-state index >= 15 is 0 Å². The lowest BCUT2D eigenvalue weighted by Gasteiger charge is -2.32. The minimum atomic E-state index is -0.416. The average Bonchev–Trinajstić information content (AvgIpc) is 3.14. The number of hydrogen-bond acceptors (Lipinski definition) is 8. The zero-order chi connectivity index (χ0) is 25.4. The highest BCUT2D eigenvalue weighted by Crippen LogP contribution is 2.37. The average molecular weight is 464 g/mol. The predicted molar refractivity (Wildman–Crippen MR) is 133 cm³/mol. The third-order valence-corrected chi connectivity index (χ3v) is 7.01. The van der Waals surface area contributed by atoms with Crippen LogP contribution in [0.3, 0.4) is 0 Å². The summed E-state index contributed by atoms with van der Waals surface area (Å²) < 4.78 is 23.6. The van der Waals surface area contributed by atoms with Gasteiger partial charge in [-0.25, -0.2) is 4.98 Å². The molecule has 8 nitrogen and oxygen atoms in total. The van der Waals surface area contributed by atoms with E-state index in [1.54, 1.807) is 18.5 Å². The molecule has 34 heavy (non-hydrogen) atoms. The first kappa shape index (κ1) is 26.3. The monoisotopic (exact) mass is 464 g/mol. The molecule has 0 radical (unpaired) electrons. The molecule has 0 bridgehead atoms. The minimum absolute atomic E-state index is 0.315. The van der Waals surface area contributed by atoms with Crippen molar-refractivity contribution in [3.8, 4) is 6.07 Å². The second-order valence-electron chi connectivity index (χ2n) is 10.6. The Hall–Kier alpha value is -2.28. The highest BCUT2D eigenvalue weighted by atomic mass is 16.7. The van der Waals surface area contributed by atoms with Gasteiger partial charge >= 0.3 is 14.2 Å². The van der Waals surface area contributed by atoms with Gasteiger partial charge in [0.1, 0.15) is 11.8 Å². The van der Waals surface area contributed by atoms with Crippen LogP contribution >= 0.6 is 0 Å². The molecular formula is C24H34B2N4O4. The van der Waals surface area contributed by atoms with Crippen LogP contribution < -0.4 is 16.7 Å². The van der Waals surface area contributed by atoms with Gasteiger partial charge < -0.3 is 24.4 Å². The molecule has 0 aromatic carbocycles. The molecule has 10 heteroatoms. The van der Waals surface area contributed by atoms with Gasteiger partial charge in [0.2, 0.25) is 0 Å². The van der Waals surface area contributed by atoms with Crippen LogP contribution in [0.1, 0.15) is 66.8 Å². The van der Waals surface area contributed by atoms with Crippen LogP contribution in [-0.2, 0) is 25.2 Å². The Balaban J connectivity index is 0.000000191. The lowest BCUT2D eigenvalue weighted by Crippen LogP contribution is -2.41. The lowest BCUT2D eigenvalue weighted by molar-refractivity contribution is 0.00578. The van der Waals surface area contributed by atoms with Gasteiger partial charge in [-0.05, 0) is 67.5 Å². The van der Waals surface area contributed by atoms with Crippen molar-refractivity contribution in [1.29, 1.82) is 5.26 Å². The molecule has 4 heterocycles. The molecule has 4 rings (SSSR count). The standard InChI is InChI=1S/C12H19BN2O2.C12H15BN2O2/c2*1-11(2)12(3,4)17-13(16-11)9-5-6-10(7-14)15-8-9/h5-6,8H,7,14H2,1-4H3;5-6,8H,1-4H3. The fourth-order valence-electron chi connectivity index (χ4n) is 3.27. The first-order valence-corrected chi connectivity index (χ1v) is 11.4. The van der Waals surface area contributed by atoms with E-state index in [0.29, 0.717) is 12.2 Å². The van der Waals surface area contributed by atoms with Crippen molar-refractivity contribution >= 4 is 25.2 Å². The molecule has 2 N–H and O–H groups in total. The van der Waals surface area contributed by atoms with E-state index in [0.717, 1.165) is 16.6 Å². The molecule has 2 aliphatic rings. The summed E-state index contributed by atoms with van der Waals surface area (Å²) in [6.45, 7) is 16.6. The third-order valence-electron chi connectivity index (χ3n) is 7.01. The van der Waals surface area contributed by atoms with Gasteiger partial charge in [0, 0.05) is 29.9 Å². The zero-order valence-electron chi connectivity index (χ0n) is 21.4. The number of nitrogens with two attached hydrogens (primary N) is 1. The molecule has 0 unspecified atom stereocenters. The molecule has 2 saturated heterocycles. The number of nitrogens with zero attached hydrogens (tertiary/aromatic N) is 3. The highest BCUT2D eigenvalue weighted by Gasteiger charge is 2.52. The molecule has 2 aromatic rings. The summed E-state index contributed by atoms with van der Waals surface area (Å²) in [7, 11) is -0.764. The minimum Gasteiger partial charge on any atom is -0.399 e. The molecule has 180 valence electrons. The van der Waals surface area contributed by atoms with Crippen LogP contribution in [0.25, 0.3) is 0 Å². The summed E-state index contributed by atoms with van der Waals surface area (Å²) in [5, 5.41) is 8.68. The van der Waals surface area contributed by atoms with Crippen molar-refractivity contribution in [2.24, 2.45) is 5.73 Å². The fraction of sp³-hybridized carbons (Fsp3) is 0.542. The SMILES string of the molecule is CC1(C)OB(c2ccc(C#N)nc2)OC1(C)C.CC1(C)OB(c2ccc(CN)nc2)OC1(C)C. The predicted octanol–water partition coefficient (Wildman–Crippen LogP) is 2.09. The molecule has 2 aliphatic heterocycles. The van der Waals surface area contributed by atoms with Gasteiger partial charge in [0.25, 0.3) is 0 Å². The second-order valence-corrected chi connectivity index (χ2v) is 10.6. The zero-order valence-corrected chi connectivity index (χ0v) is 21.4. The van der Waals surface area contributed by atoms with Gasteiger partial charge in [0.05, 0.1) is 28.1 Å². The van der Waals surface area contributed by atoms with Crippen molar-refractivity contribution in [2.45, 2.75) is 84.3 Å². The molecule has 0 spiro atoms. The van der Waals surface area contributed by atoms with E-state index in [1.807, 2.05) is 79.7 Å². The summed E-state index contributed by atoms with van der Waals surface area (Å²) in [6, 6.07) is 9.32. The molecule has 0 amide bonds. The normalized spacial score (nSPS) is 21.5. The third kappa shape index (κ3) is 5.35. The molecule has 0 saturated carbocycles. The van der Waals surface area contributed by atoms with Crippen LogP contribution in [0.5, 0.6) is 0 Å². The maximum absolute atomic E-state index is 8.68. The van der Waals surface area contributed by atoms with E-state index in [-0.39, 0.29) is 29.5 Å². The van der Waals surface area contributed by atoms with Crippen LogP contribution in [0.4, 0.5) is 0 Å². The lowest BCUT2D eigenvalue weighted by atomic mass is 9.80. The number of aromatic nitrogens is 2. The van der Waals surface area contributed by atoms with Gasteiger partial charge in [-0.3, -0.25) is 4.98 Å². The quantitative estimate of drug-likeness (QED) is 0.688. The molecule has 2 fully saturated rings. The van der Waals surface area contributed by atoms with Crippen LogP contribution in [0, 0.1) is 11.3 Å². The number of nitriles is 1. The van der Waals surface area contributed by atoms with Crippen LogP contribution in [0.2, 0.25) is 0 Å². The number of rotatable bonds is 3. The fourth-order valence-corrected chi connectivity index (χ4v) is 3.27. The summed E-state index contributed by atoms with van der Waals surface area (Å²) >= 11 is 0. The van der Waals surface area contributed by atoms with E-state index in [9.17, 15) is 0 Å². The summed E-state index contributed by atoms with van der Waals surface area (Å²) in [6.07, 6.45) is 3.39. The van der Waals surface area contributed by atoms with E-state index in [2.05, 4.69) is 9.97 Å². The largest absolute Gasteiger partial charge is 0.496 e. The van der Waals surface area contributed by atoms with Crippen LogP contribution in [-0.4, -0.2) is 46.6 Å². The van der Waals surface area contributed by atoms with Crippen molar-refractivity contribution in [3.63, 3.8) is 0 Å². The molecule has 0 atom stereocenters. The number of hydrogen-bond donors (Lipinski definition) is 1. The summed E-state index contributed by atoms with van der Waals surface area (Å²) in [4.78, 5) is 8.27. The van der Waals surface area contributed by atoms with Crippen molar-refractivity contribution in [2.75, 3.05) is 0 Å².